The molecule has 0 aliphatic carbocycles. The third-order valence-electron chi connectivity index (χ3n) is 4.81. The van der Waals surface area contributed by atoms with Crippen molar-refractivity contribution in [1.82, 2.24) is 9.97 Å². The first kappa shape index (κ1) is 17.0. The van der Waals surface area contributed by atoms with Crippen molar-refractivity contribution < 1.29 is 5.11 Å². The fraction of sp³-hybridized carbons (Fsp3) is 0.0833. The number of phenols is 1. The Balaban J connectivity index is 1.78. The van der Waals surface area contributed by atoms with Crippen LogP contribution < -0.4 is 0 Å². The Morgan fingerprint density at radius 3 is 1.85 bits per heavy atom. The van der Waals surface area contributed by atoms with Gasteiger partial charge in [0.05, 0.1) is 0 Å². The minimum atomic E-state index is 0.138. The Morgan fingerprint density at radius 1 is 0.667 bits per heavy atom. The topological polar surface area (TPSA) is 46.0 Å². The van der Waals surface area contributed by atoms with Crippen molar-refractivity contribution >= 4 is 0 Å². The number of benzene rings is 2. The van der Waals surface area contributed by atoms with E-state index in [1.165, 1.54) is 5.56 Å². The zero-order valence-corrected chi connectivity index (χ0v) is 14.9. The quantitative estimate of drug-likeness (QED) is 0.535. The lowest BCUT2D eigenvalue weighted by molar-refractivity contribution is 0.477. The number of nitrogens with zero attached hydrogens (tertiary/aromatic N) is 2. The Labute approximate surface area is 159 Å². The molecule has 4 aromatic rings. The Kier molecular flexibility index (Phi) is 4.93. The molecule has 27 heavy (non-hydrogen) atoms. The fourth-order valence-electron chi connectivity index (χ4n) is 3.47. The van der Waals surface area contributed by atoms with Crippen LogP contribution in [-0.2, 0) is 6.42 Å². The molecule has 0 unspecified atom stereocenters. The van der Waals surface area contributed by atoms with Gasteiger partial charge < -0.3 is 5.11 Å². The molecule has 0 saturated carbocycles. The van der Waals surface area contributed by atoms with Gasteiger partial charge in [-0.15, -0.1) is 0 Å². The highest BCUT2D eigenvalue weighted by Gasteiger charge is 2.18. The van der Waals surface area contributed by atoms with E-state index in [1.807, 2.05) is 54.9 Å². The molecule has 0 radical (unpaired) electrons. The molecule has 0 amide bonds. The Hall–Kier alpha value is -3.46. The highest BCUT2D eigenvalue weighted by molar-refractivity contribution is 5.73. The second kappa shape index (κ2) is 7.83. The molecular formula is C24H20N2O. The minimum absolute atomic E-state index is 0.138. The van der Waals surface area contributed by atoms with Crippen LogP contribution in [0, 0.1) is 0 Å². The van der Waals surface area contributed by atoms with Crippen LogP contribution in [0.15, 0.2) is 97.6 Å². The van der Waals surface area contributed by atoms with Gasteiger partial charge in [-0.05, 0) is 46.9 Å². The van der Waals surface area contributed by atoms with Gasteiger partial charge in [0.2, 0.25) is 0 Å². The van der Waals surface area contributed by atoms with Crippen LogP contribution in [0.3, 0.4) is 0 Å². The van der Waals surface area contributed by atoms with Crippen LogP contribution in [0.4, 0.5) is 0 Å². The first-order valence-corrected chi connectivity index (χ1v) is 8.99. The number of hydrogen-bond acceptors (Lipinski definition) is 3. The van der Waals surface area contributed by atoms with Crippen molar-refractivity contribution in [3.05, 3.63) is 114 Å². The lowest BCUT2D eigenvalue weighted by Gasteiger charge is -2.20. The monoisotopic (exact) mass is 352 g/mol. The summed E-state index contributed by atoms with van der Waals surface area (Å²) in [6.07, 6.45) is 8.21. The molecule has 2 aromatic carbocycles. The Morgan fingerprint density at radius 2 is 1.26 bits per heavy atom. The number of rotatable bonds is 5. The molecule has 3 nitrogen and oxygen atoms in total. The van der Waals surface area contributed by atoms with E-state index >= 15 is 0 Å². The van der Waals surface area contributed by atoms with Gasteiger partial charge in [0.25, 0.3) is 0 Å². The van der Waals surface area contributed by atoms with Gasteiger partial charge in [-0.3, -0.25) is 9.97 Å². The fourth-order valence-corrected chi connectivity index (χ4v) is 3.47. The van der Waals surface area contributed by atoms with Crippen molar-refractivity contribution in [3.63, 3.8) is 0 Å². The van der Waals surface area contributed by atoms with Gasteiger partial charge in [-0.1, -0.05) is 54.6 Å². The van der Waals surface area contributed by atoms with Gasteiger partial charge in [0, 0.05) is 36.3 Å². The van der Waals surface area contributed by atoms with E-state index in [9.17, 15) is 5.11 Å². The summed E-state index contributed by atoms with van der Waals surface area (Å²) in [5.74, 6) is 0.434. The van der Waals surface area contributed by atoms with E-state index in [2.05, 4.69) is 34.2 Å². The van der Waals surface area contributed by atoms with Crippen LogP contribution in [0.2, 0.25) is 0 Å². The molecule has 2 heterocycles. The maximum atomic E-state index is 10.3. The molecule has 0 spiro atoms. The van der Waals surface area contributed by atoms with E-state index in [0.717, 1.165) is 28.7 Å². The van der Waals surface area contributed by atoms with Crippen molar-refractivity contribution in [2.45, 2.75) is 12.3 Å². The highest BCUT2D eigenvalue weighted by Crippen LogP contribution is 2.35. The number of hydrogen-bond donors (Lipinski definition) is 1. The zero-order chi connectivity index (χ0) is 18.5. The molecule has 4 rings (SSSR count). The molecular weight excluding hydrogens is 332 g/mol. The van der Waals surface area contributed by atoms with Crippen molar-refractivity contribution in [2.75, 3.05) is 0 Å². The number of aromatic nitrogens is 2. The van der Waals surface area contributed by atoms with Gasteiger partial charge in [-0.2, -0.15) is 0 Å². The molecule has 0 aliphatic heterocycles. The van der Waals surface area contributed by atoms with Gasteiger partial charge in [0.1, 0.15) is 5.75 Å². The van der Waals surface area contributed by atoms with E-state index in [1.54, 1.807) is 18.5 Å². The average molecular weight is 352 g/mol. The second-order valence-electron chi connectivity index (χ2n) is 6.50. The van der Waals surface area contributed by atoms with Crippen molar-refractivity contribution in [3.8, 4) is 16.9 Å². The van der Waals surface area contributed by atoms with Gasteiger partial charge in [0.15, 0.2) is 0 Å². The zero-order valence-electron chi connectivity index (χ0n) is 14.9. The van der Waals surface area contributed by atoms with Crippen molar-refractivity contribution in [1.29, 1.82) is 0 Å². The van der Waals surface area contributed by atoms with E-state index in [-0.39, 0.29) is 5.92 Å². The van der Waals surface area contributed by atoms with Crippen LogP contribution >= 0.6 is 0 Å². The largest absolute Gasteiger partial charge is 0.507 e. The summed E-state index contributed by atoms with van der Waals surface area (Å²) in [6.45, 7) is 0. The molecule has 0 bridgehead atoms. The van der Waals surface area contributed by atoms with Crippen LogP contribution in [0.5, 0.6) is 5.75 Å². The Bertz CT molecular complexity index is 977. The molecule has 132 valence electrons. The summed E-state index contributed by atoms with van der Waals surface area (Å²) in [5, 5.41) is 10.3. The first-order chi connectivity index (χ1) is 13.3. The van der Waals surface area contributed by atoms with Gasteiger partial charge >= 0.3 is 0 Å². The third-order valence-corrected chi connectivity index (χ3v) is 4.81. The first-order valence-electron chi connectivity index (χ1n) is 8.99. The molecule has 1 N–H and O–H groups in total. The molecule has 0 fully saturated rings. The van der Waals surface area contributed by atoms with Gasteiger partial charge in [-0.25, -0.2) is 0 Å². The number of pyridine rings is 2. The maximum absolute atomic E-state index is 10.3. The van der Waals surface area contributed by atoms with E-state index in [4.69, 9.17) is 0 Å². The molecule has 0 saturated heterocycles. The van der Waals surface area contributed by atoms with Crippen molar-refractivity contribution in [2.24, 2.45) is 0 Å². The summed E-state index contributed by atoms with van der Waals surface area (Å²) in [6, 6.07) is 23.9. The molecule has 0 aliphatic rings. The van der Waals surface area contributed by atoms with Crippen LogP contribution in [-0.4, -0.2) is 15.1 Å². The SMILES string of the molecule is Oc1ccccc1-c1ccccc1CC(c1cccnc1)c1cccnc1. The lowest BCUT2D eigenvalue weighted by Crippen LogP contribution is -2.07. The van der Waals surface area contributed by atoms with Crippen LogP contribution in [0.1, 0.15) is 22.6 Å². The van der Waals surface area contributed by atoms with E-state index in [0.29, 0.717) is 5.75 Å². The number of phenolic OH excluding ortho intramolecular Hbond substituents is 1. The highest BCUT2D eigenvalue weighted by atomic mass is 16.3. The maximum Gasteiger partial charge on any atom is 0.123 e. The molecule has 3 heteroatoms. The predicted octanol–water partition coefficient (Wildman–Crippen LogP) is 5.22. The molecule has 0 atom stereocenters. The summed E-state index contributed by atoms with van der Waals surface area (Å²) < 4.78 is 0. The summed E-state index contributed by atoms with van der Waals surface area (Å²) in [5.41, 5.74) is 5.38. The second-order valence-corrected chi connectivity index (χ2v) is 6.50. The predicted molar refractivity (Wildman–Crippen MR) is 108 cm³/mol. The minimum Gasteiger partial charge on any atom is -0.507 e. The third kappa shape index (κ3) is 3.72. The standard InChI is InChI=1S/C24H20N2O/c27-24-12-4-3-11-22(24)21-10-2-1-7-18(21)15-23(19-8-5-13-25-16-19)20-9-6-14-26-17-20/h1-14,16-17,23,27H,15H2. The summed E-state index contributed by atoms with van der Waals surface area (Å²) >= 11 is 0. The summed E-state index contributed by atoms with van der Waals surface area (Å²) in [7, 11) is 0. The normalized spacial score (nSPS) is 10.9. The number of para-hydroxylation sites is 1. The summed E-state index contributed by atoms with van der Waals surface area (Å²) in [4.78, 5) is 8.61. The smallest absolute Gasteiger partial charge is 0.123 e. The van der Waals surface area contributed by atoms with E-state index < -0.39 is 0 Å². The average Bonchev–Trinajstić information content (AvgIpc) is 2.74. The molecule has 2 aromatic heterocycles. The lowest BCUT2D eigenvalue weighted by atomic mass is 9.85. The van der Waals surface area contributed by atoms with Crippen LogP contribution in [0.25, 0.3) is 11.1 Å². The number of aromatic hydroxyl groups is 1.